The molecule has 0 aliphatic carbocycles. The molecule has 4 rings (SSSR count). The lowest BCUT2D eigenvalue weighted by Gasteiger charge is -2.33. The lowest BCUT2D eigenvalue weighted by molar-refractivity contribution is -0.225. The van der Waals surface area contributed by atoms with Gasteiger partial charge in [0.25, 0.3) is 0 Å². The Labute approximate surface area is 122 Å². The van der Waals surface area contributed by atoms with Crippen molar-refractivity contribution < 1.29 is 19.1 Å². The average molecular weight is 287 g/mol. The molecule has 2 saturated heterocycles. The van der Waals surface area contributed by atoms with Gasteiger partial charge in [-0.25, -0.2) is 0 Å². The summed E-state index contributed by atoms with van der Waals surface area (Å²) >= 11 is 0. The van der Waals surface area contributed by atoms with Crippen LogP contribution in [-0.2, 0) is 15.1 Å². The van der Waals surface area contributed by atoms with E-state index >= 15 is 0 Å². The molecule has 5 nitrogen and oxygen atoms in total. The Kier molecular flexibility index (Phi) is 2.89. The first-order valence-corrected chi connectivity index (χ1v) is 7.19. The summed E-state index contributed by atoms with van der Waals surface area (Å²) < 4.78 is 16.5. The number of aryl methyl sites for hydroxylation is 1. The Morgan fingerprint density at radius 3 is 2.90 bits per heavy atom. The third-order valence-electron chi connectivity index (χ3n) is 4.27. The fraction of sp³-hybridized carbons (Fsp3) is 0.438. The second kappa shape index (κ2) is 4.66. The summed E-state index contributed by atoms with van der Waals surface area (Å²) in [5.74, 6) is 0.406. The molecule has 0 radical (unpaired) electrons. The van der Waals surface area contributed by atoms with E-state index in [9.17, 15) is 5.11 Å². The predicted octanol–water partition coefficient (Wildman–Crippen LogP) is 2.37. The van der Waals surface area contributed by atoms with Crippen LogP contribution in [0, 0.1) is 6.92 Å². The molecule has 1 aromatic carbocycles. The number of ether oxygens (including phenoxy) is 2. The minimum atomic E-state index is -1.25. The third-order valence-corrected chi connectivity index (χ3v) is 4.27. The van der Waals surface area contributed by atoms with Crippen molar-refractivity contribution in [3.05, 3.63) is 41.7 Å². The summed E-state index contributed by atoms with van der Waals surface area (Å²) in [5, 5.41) is 14.9. The van der Waals surface area contributed by atoms with Crippen LogP contribution >= 0.6 is 0 Å². The highest BCUT2D eigenvalue weighted by Gasteiger charge is 2.51. The van der Waals surface area contributed by atoms with Crippen molar-refractivity contribution in [3.8, 4) is 11.3 Å². The highest BCUT2D eigenvalue weighted by Crippen LogP contribution is 2.42. The van der Waals surface area contributed by atoms with Gasteiger partial charge in [-0.15, -0.1) is 0 Å². The van der Waals surface area contributed by atoms with E-state index in [4.69, 9.17) is 14.0 Å². The second-order valence-corrected chi connectivity index (χ2v) is 5.83. The first-order chi connectivity index (χ1) is 10.1. The Hall–Kier alpha value is -1.69. The molecule has 0 spiro atoms. The number of aliphatic hydroxyl groups is 1. The van der Waals surface area contributed by atoms with Crippen LogP contribution in [0.5, 0.6) is 0 Å². The van der Waals surface area contributed by atoms with Gasteiger partial charge in [0.1, 0.15) is 5.69 Å². The van der Waals surface area contributed by atoms with Crippen LogP contribution in [0.2, 0.25) is 0 Å². The molecule has 2 aliphatic rings. The van der Waals surface area contributed by atoms with Gasteiger partial charge >= 0.3 is 0 Å². The fourth-order valence-corrected chi connectivity index (χ4v) is 2.93. The van der Waals surface area contributed by atoms with Crippen LogP contribution in [0.15, 0.2) is 34.9 Å². The number of hydrogen-bond donors (Lipinski definition) is 1. The number of aromatic nitrogens is 1. The van der Waals surface area contributed by atoms with Gasteiger partial charge in [0.05, 0.1) is 12.7 Å². The van der Waals surface area contributed by atoms with Crippen LogP contribution in [0.1, 0.15) is 24.2 Å². The van der Waals surface area contributed by atoms with E-state index in [0.29, 0.717) is 24.5 Å². The highest BCUT2D eigenvalue weighted by atomic mass is 16.7. The summed E-state index contributed by atoms with van der Waals surface area (Å²) in [4.78, 5) is 0. The number of benzene rings is 1. The minimum absolute atomic E-state index is 0.0924. The van der Waals surface area contributed by atoms with Crippen LogP contribution in [0.25, 0.3) is 11.3 Å². The van der Waals surface area contributed by atoms with E-state index in [1.54, 1.807) is 6.07 Å². The standard InChI is InChI=1S/C16H17NO4/c1-10-2-4-11(5-3-10)13-8-14(21-17-13)16(18)7-6-12-9-19-15(16)20-12/h2-5,8,12,15,18H,6-7,9H2,1H3/t12-,15-,16-/m0/s1. The van der Waals surface area contributed by atoms with Gasteiger partial charge in [0.15, 0.2) is 17.7 Å². The number of nitrogens with zero attached hydrogens (tertiary/aromatic N) is 1. The molecular weight excluding hydrogens is 270 g/mol. The van der Waals surface area contributed by atoms with Crippen LogP contribution in [0.3, 0.4) is 0 Å². The molecule has 2 fully saturated rings. The van der Waals surface area contributed by atoms with Crippen molar-refractivity contribution in [2.45, 2.75) is 37.8 Å². The first kappa shape index (κ1) is 13.0. The van der Waals surface area contributed by atoms with Crippen molar-refractivity contribution in [1.82, 2.24) is 5.16 Å². The van der Waals surface area contributed by atoms with Gasteiger partial charge in [-0.2, -0.15) is 0 Å². The molecule has 1 aromatic heterocycles. The fourth-order valence-electron chi connectivity index (χ4n) is 2.93. The zero-order chi connectivity index (χ0) is 14.4. The Balaban J connectivity index is 1.66. The van der Waals surface area contributed by atoms with E-state index in [0.717, 1.165) is 12.0 Å². The Bertz CT molecular complexity index is 651. The molecule has 2 bridgehead atoms. The van der Waals surface area contributed by atoms with E-state index in [1.807, 2.05) is 31.2 Å². The molecule has 2 aromatic rings. The molecule has 0 amide bonds. The van der Waals surface area contributed by atoms with Gasteiger partial charge in [-0.3, -0.25) is 0 Å². The van der Waals surface area contributed by atoms with E-state index in [-0.39, 0.29) is 6.10 Å². The van der Waals surface area contributed by atoms with Gasteiger partial charge in [-0.05, 0) is 19.8 Å². The topological polar surface area (TPSA) is 64.7 Å². The summed E-state index contributed by atoms with van der Waals surface area (Å²) in [5.41, 5.74) is 1.61. The molecule has 1 N–H and O–H groups in total. The minimum Gasteiger partial charge on any atom is -0.377 e. The quantitative estimate of drug-likeness (QED) is 0.918. The van der Waals surface area contributed by atoms with Gasteiger partial charge < -0.3 is 19.1 Å². The zero-order valence-corrected chi connectivity index (χ0v) is 11.8. The molecule has 5 heteroatoms. The summed E-state index contributed by atoms with van der Waals surface area (Å²) in [6, 6.07) is 9.79. The monoisotopic (exact) mass is 287 g/mol. The predicted molar refractivity (Wildman–Crippen MR) is 74.4 cm³/mol. The molecular formula is C16H17NO4. The van der Waals surface area contributed by atoms with Crippen LogP contribution in [0.4, 0.5) is 0 Å². The van der Waals surface area contributed by atoms with E-state index < -0.39 is 11.9 Å². The average Bonchev–Trinajstić information content (AvgIpc) is 3.13. The smallest absolute Gasteiger partial charge is 0.194 e. The molecule has 3 heterocycles. The normalized spacial score (nSPS) is 31.5. The largest absolute Gasteiger partial charge is 0.377 e. The molecule has 0 saturated carbocycles. The third kappa shape index (κ3) is 2.09. The molecule has 0 unspecified atom stereocenters. The Morgan fingerprint density at radius 1 is 1.29 bits per heavy atom. The van der Waals surface area contributed by atoms with Crippen LogP contribution < -0.4 is 0 Å². The highest BCUT2D eigenvalue weighted by molar-refractivity contribution is 5.59. The van der Waals surface area contributed by atoms with Gasteiger partial charge in [0.2, 0.25) is 0 Å². The molecule has 110 valence electrons. The lowest BCUT2D eigenvalue weighted by Crippen LogP contribution is -2.43. The number of rotatable bonds is 2. The second-order valence-electron chi connectivity index (χ2n) is 5.83. The molecule has 3 atom stereocenters. The molecule has 2 aliphatic heterocycles. The zero-order valence-electron chi connectivity index (χ0n) is 11.8. The SMILES string of the molecule is Cc1ccc(-c2cc([C@@]3(O)CC[C@H]4CO[C@H]3O4)on2)cc1. The van der Waals surface area contributed by atoms with Crippen molar-refractivity contribution in [1.29, 1.82) is 0 Å². The number of hydrogen-bond acceptors (Lipinski definition) is 5. The maximum atomic E-state index is 10.8. The molecule has 21 heavy (non-hydrogen) atoms. The van der Waals surface area contributed by atoms with Crippen molar-refractivity contribution in [3.63, 3.8) is 0 Å². The Morgan fingerprint density at radius 2 is 2.10 bits per heavy atom. The van der Waals surface area contributed by atoms with Crippen molar-refractivity contribution in [2.75, 3.05) is 6.61 Å². The van der Waals surface area contributed by atoms with Crippen LogP contribution in [-0.4, -0.2) is 29.3 Å². The maximum Gasteiger partial charge on any atom is 0.194 e. The first-order valence-electron chi connectivity index (χ1n) is 7.19. The summed E-state index contributed by atoms with van der Waals surface area (Å²) in [7, 11) is 0. The van der Waals surface area contributed by atoms with E-state index in [2.05, 4.69) is 5.16 Å². The summed E-state index contributed by atoms with van der Waals surface area (Å²) in [6.07, 6.45) is 0.753. The lowest BCUT2D eigenvalue weighted by atomic mass is 9.90. The summed E-state index contributed by atoms with van der Waals surface area (Å²) in [6.45, 7) is 2.57. The number of fused-ring (bicyclic) bond motifs is 2. The maximum absolute atomic E-state index is 10.8. The van der Waals surface area contributed by atoms with Crippen molar-refractivity contribution in [2.24, 2.45) is 0 Å². The van der Waals surface area contributed by atoms with Gasteiger partial charge in [0, 0.05) is 11.6 Å². The van der Waals surface area contributed by atoms with Crippen molar-refractivity contribution >= 4 is 0 Å². The van der Waals surface area contributed by atoms with Gasteiger partial charge in [-0.1, -0.05) is 35.0 Å². The van der Waals surface area contributed by atoms with E-state index in [1.165, 1.54) is 5.56 Å².